The standard InChI is InChI=1S/C20H24N2O5/c1-13(2)22(12-16-4-3-5-17(21-16)20(26)27)11-10-18(23)14-6-8-15(9-7-14)19(24)25/h3-9,13,18,23H,10-12H2,1-2H3,(H,24,25)(H,26,27). The molecule has 1 aromatic heterocycles. The topological polar surface area (TPSA) is 111 Å². The van der Waals surface area contributed by atoms with E-state index in [-0.39, 0.29) is 17.3 Å². The molecule has 144 valence electrons. The van der Waals surface area contributed by atoms with Gasteiger partial charge >= 0.3 is 11.9 Å². The first kappa shape index (κ1) is 20.5. The molecule has 2 rings (SSSR count). The first-order valence-electron chi connectivity index (χ1n) is 8.72. The van der Waals surface area contributed by atoms with Crippen LogP contribution in [-0.2, 0) is 6.54 Å². The van der Waals surface area contributed by atoms with Crippen molar-refractivity contribution in [3.05, 3.63) is 65.0 Å². The number of aromatic carboxylic acids is 2. The highest BCUT2D eigenvalue weighted by Crippen LogP contribution is 2.19. The van der Waals surface area contributed by atoms with Crippen molar-refractivity contribution in [3.63, 3.8) is 0 Å². The van der Waals surface area contributed by atoms with E-state index < -0.39 is 18.0 Å². The van der Waals surface area contributed by atoms with Gasteiger partial charge in [0.1, 0.15) is 5.69 Å². The largest absolute Gasteiger partial charge is 0.478 e. The molecule has 2 aromatic rings. The molecular weight excluding hydrogens is 348 g/mol. The Hall–Kier alpha value is -2.77. The van der Waals surface area contributed by atoms with Crippen LogP contribution in [-0.4, -0.2) is 49.7 Å². The van der Waals surface area contributed by atoms with Crippen molar-refractivity contribution in [1.29, 1.82) is 0 Å². The summed E-state index contributed by atoms with van der Waals surface area (Å²) in [6.07, 6.45) is -0.254. The van der Waals surface area contributed by atoms with E-state index in [4.69, 9.17) is 10.2 Å². The third-order valence-corrected chi connectivity index (χ3v) is 4.35. The van der Waals surface area contributed by atoms with Crippen molar-refractivity contribution < 1.29 is 24.9 Å². The van der Waals surface area contributed by atoms with Crippen LogP contribution >= 0.6 is 0 Å². The summed E-state index contributed by atoms with van der Waals surface area (Å²) < 4.78 is 0. The molecule has 0 saturated carbocycles. The highest BCUT2D eigenvalue weighted by Gasteiger charge is 2.16. The van der Waals surface area contributed by atoms with Crippen LogP contribution in [0, 0.1) is 0 Å². The molecule has 0 amide bonds. The van der Waals surface area contributed by atoms with E-state index in [9.17, 15) is 14.7 Å². The highest BCUT2D eigenvalue weighted by molar-refractivity contribution is 5.87. The maximum absolute atomic E-state index is 11.1. The zero-order valence-electron chi connectivity index (χ0n) is 15.4. The second kappa shape index (κ2) is 9.25. The molecule has 7 nitrogen and oxygen atoms in total. The van der Waals surface area contributed by atoms with Crippen LogP contribution in [0.25, 0.3) is 0 Å². The predicted octanol–water partition coefficient (Wildman–Crippen LogP) is 2.81. The summed E-state index contributed by atoms with van der Waals surface area (Å²) in [5, 5.41) is 28.4. The number of rotatable bonds is 9. The van der Waals surface area contributed by atoms with Gasteiger partial charge in [0.05, 0.1) is 17.4 Å². The second-order valence-corrected chi connectivity index (χ2v) is 6.62. The minimum atomic E-state index is -1.06. The van der Waals surface area contributed by atoms with Crippen molar-refractivity contribution in [3.8, 4) is 0 Å². The molecule has 27 heavy (non-hydrogen) atoms. The van der Waals surface area contributed by atoms with Gasteiger partial charge in [-0.05, 0) is 50.1 Å². The van der Waals surface area contributed by atoms with Gasteiger partial charge < -0.3 is 15.3 Å². The van der Waals surface area contributed by atoms with Crippen LogP contribution in [0.3, 0.4) is 0 Å². The fraction of sp³-hybridized carbons (Fsp3) is 0.350. The fourth-order valence-electron chi connectivity index (χ4n) is 2.72. The Bertz CT molecular complexity index is 789. The molecule has 0 spiro atoms. The quantitative estimate of drug-likeness (QED) is 0.620. The van der Waals surface area contributed by atoms with Crippen molar-refractivity contribution in [2.24, 2.45) is 0 Å². The number of carbonyl (C=O) groups is 2. The third-order valence-electron chi connectivity index (χ3n) is 4.35. The summed E-state index contributed by atoms with van der Waals surface area (Å²) in [6, 6.07) is 11.3. The average Bonchev–Trinajstić information content (AvgIpc) is 2.64. The first-order valence-corrected chi connectivity index (χ1v) is 8.72. The van der Waals surface area contributed by atoms with E-state index in [0.29, 0.717) is 30.8 Å². The molecule has 1 aromatic carbocycles. The lowest BCUT2D eigenvalue weighted by molar-refractivity contribution is 0.0681. The Morgan fingerprint density at radius 2 is 1.70 bits per heavy atom. The van der Waals surface area contributed by atoms with Gasteiger partial charge in [-0.2, -0.15) is 0 Å². The number of benzene rings is 1. The maximum Gasteiger partial charge on any atom is 0.354 e. The summed E-state index contributed by atoms with van der Waals surface area (Å²) in [5.74, 6) is -2.06. The van der Waals surface area contributed by atoms with Gasteiger partial charge in [-0.3, -0.25) is 4.90 Å². The molecule has 0 aliphatic carbocycles. The number of aliphatic hydroxyl groups excluding tert-OH is 1. The smallest absolute Gasteiger partial charge is 0.354 e. The maximum atomic E-state index is 11.1. The number of carboxylic acid groups (broad SMARTS) is 2. The number of pyridine rings is 1. The normalized spacial score (nSPS) is 12.3. The van der Waals surface area contributed by atoms with Crippen LogP contribution in [0.15, 0.2) is 42.5 Å². The molecule has 0 saturated heterocycles. The lowest BCUT2D eigenvalue weighted by Gasteiger charge is -2.27. The monoisotopic (exact) mass is 372 g/mol. The Balaban J connectivity index is 2.00. The summed E-state index contributed by atoms with van der Waals surface area (Å²) in [6.45, 7) is 5.10. The van der Waals surface area contributed by atoms with Crippen LogP contribution in [0.2, 0.25) is 0 Å². The van der Waals surface area contributed by atoms with Gasteiger partial charge in [-0.1, -0.05) is 18.2 Å². The van der Waals surface area contributed by atoms with E-state index >= 15 is 0 Å². The molecule has 1 atom stereocenters. The molecule has 1 unspecified atom stereocenters. The van der Waals surface area contributed by atoms with E-state index in [1.807, 2.05) is 13.8 Å². The lowest BCUT2D eigenvalue weighted by Crippen LogP contribution is -2.32. The second-order valence-electron chi connectivity index (χ2n) is 6.62. The Morgan fingerprint density at radius 1 is 1.04 bits per heavy atom. The fourth-order valence-corrected chi connectivity index (χ4v) is 2.72. The lowest BCUT2D eigenvalue weighted by atomic mass is 10.0. The number of hydrogen-bond acceptors (Lipinski definition) is 5. The van der Waals surface area contributed by atoms with Gasteiger partial charge in [-0.25, -0.2) is 14.6 Å². The van der Waals surface area contributed by atoms with Crippen LogP contribution in [0.4, 0.5) is 0 Å². The van der Waals surface area contributed by atoms with E-state index in [1.165, 1.54) is 18.2 Å². The van der Waals surface area contributed by atoms with Gasteiger partial charge in [0.2, 0.25) is 0 Å². The van der Waals surface area contributed by atoms with Crippen LogP contribution in [0.1, 0.15) is 58.5 Å². The van der Waals surface area contributed by atoms with Crippen LogP contribution in [0.5, 0.6) is 0 Å². The zero-order valence-corrected chi connectivity index (χ0v) is 15.4. The SMILES string of the molecule is CC(C)N(CCC(O)c1ccc(C(=O)O)cc1)Cc1cccc(C(=O)O)n1. The summed E-state index contributed by atoms with van der Waals surface area (Å²) in [4.78, 5) is 28.2. The number of hydrogen-bond donors (Lipinski definition) is 3. The average molecular weight is 372 g/mol. The third kappa shape index (κ3) is 5.87. The van der Waals surface area contributed by atoms with Crippen LogP contribution < -0.4 is 0 Å². The molecule has 1 heterocycles. The van der Waals surface area contributed by atoms with E-state index in [1.54, 1.807) is 24.3 Å². The van der Waals surface area contributed by atoms with Gasteiger partial charge in [0, 0.05) is 19.1 Å². The highest BCUT2D eigenvalue weighted by atomic mass is 16.4. The first-order chi connectivity index (χ1) is 12.8. The van der Waals surface area contributed by atoms with Crippen molar-refractivity contribution >= 4 is 11.9 Å². The minimum absolute atomic E-state index is 0.00904. The molecule has 0 radical (unpaired) electrons. The summed E-state index contributed by atoms with van der Waals surface area (Å²) >= 11 is 0. The van der Waals surface area contributed by atoms with Crippen molar-refractivity contribution in [1.82, 2.24) is 9.88 Å². The van der Waals surface area contributed by atoms with Gasteiger partial charge in [0.15, 0.2) is 0 Å². The van der Waals surface area contributed by atoms with E-state index in [0.717, 1.165) is 0 Å². The minimum Gasteiger partial charge on any atom is -0.478 e. The van der Waals surface area contributed by atoms with E-state index in [2.05, 4.69) is 9.88 Å². The zero-order chi connectivity index (χ0) is 20.0. The number of aliphatic hydroxyl groups is 1. The molecule has 0 aliphatic heterocycles. The number of nitrogens with zero attached hydrogens (tertiary/aromatic N) is 2. The molecule has 0 bridgehead atoms. The summed E-state index contributed by atoms with van der Waals surface area (Å²) in [5.41, 5.74) is 1.51. The Kier molecular flexibility index (Phi) is 7.04. The van der Waals surface area contributed by atoms with Crippen molar-refractivity contribution in [2.45, 2.75) is 39.0 Å². The Morgan fingerprint density at radius 3 is 2.26 bits per heavy atom. The predicted molar refractivity (Wildman–Crippen MR) is 99.7 cm³/mol. The van der Waals surface area contributed by atoms with Crippen molar-refractivity contribution in [2.75, 3.05) is 6.54 Å². The van der Waals surface area contributed by atoms with Gasteiger partial charge in [0.25, 0.3) is 0 Å². The number of carboxylic acids is 2. The summed E-state index contributed by atoms with van der Waals surface area (Å²) in [7, 11) is 0. The molecular formula is C20H24N2O5. The molecule has 0 aliphatic rings. The Labute approximate surface area is 157 Å². The number of aromatic nitrogens is 1. The molecule has 0 fully saturated rings. The molecule has 7 heteroatoms. The van der Waals surface area contributed by atoms with Gasteiger partial charge in [-0.15, -0.1) is 0 Å². The molecule has 3 N–H and O–H groups in total.